The standard InChI is InChI=1S/C26H27N3O3/c1-2-15-27-24(31)19-13-14-22-23(18-19)29(16-17-30)25(28-22)26(32,20-9-5-3-6-10-20)21-11-7-4-8-12-21/h3-14,18,30,32H,2,15-17H2,1H3,(H,27,31). The van der Waals surface area contributed by atoms with E-state index in [-0.39, 0.29) is 19.1 Å². The average Bonchev–Trinajstić information content (AvgIpc) is 3.21. The molecule has 164 valence electrons. The lowest BCUT2D eigenvalue weighted by molar-refractivity contribution is 0.0953. The fraction of sp³-hybridized carbons (Fsp3) is 0.231. The summed E-state index contributed by atoms with van der Waals surface area (Å²) in [7, 11) is 0. The molecular formula is C26H27N3O3. The summed E-state index contributed by atoms with van der Waals surface area (Å²) in [6, 6.07) is 24.0. The Balaban J connectivity index is 1.94. The number of benzene rings is 3. The zero-order chi connectivity index (χ0) is 22.6. The molecule has 0 aliphatic rings. The van der Waals surface area contributed by atoms with Crippen molar-refractivity contribution in [1.29, 1.82) is 0 Å². The Labute approximate surface area is 187 Å². The first-order valence-electron chi connectivity index (χ1n) is 10.8. The summed E-state index contributed by atoms with van der Waals surface area (Å²) >= 11 is 0. The molecule has 0 aliphatic heterocycles. The van der Waals surface area contributed by atoms with E-state index in [2.05, 4.69) is 5.32 Å². The molecule has 0 aliphatic carbocycles. The van der Waals surface area contributed by atoms with Crippen molar-refractivity contribution in [3.8, 4) is 0 Å². The highest BCUT2D eigenvalue weighted by Crippen LogP contribution is 2.37. The van der Waals surface area contributed by atoms with E-state index in [9.17, 15) is 15.0 Å². The van der Waals surface area contributed by atoms with Gasteiger partial charge >= 0.3 is 0 Å². The number of carbonyl (C=O) groups excluding carboxylic acids is 1. The van der Waals surface area contributed by atoms with Crippen molar-refractivity contribution < 1.29 is 15.0 Å². The third-order valence-corrected chi connectivity index (χ3v) is 5.58. The summed E-state index contributed by atoms with van der Waals surface area (Å²) in [4.78, 5) is 17.3. The molecule has 32 heavy (non-hydrogen) atoms. The maximum Gasteiger partial charge on any atom is 0.251 e. The Kier molecular flexibility index (Phi) is 6.35. The largest absolute Gasteiger partial charge is 0.395 e. The maximum absolute atomic E-state index is 12.5. The van der Waals surface area contributed by atoms with Gasteiger partial charge in [-0.1, -0.05) is 67.6 Å². The van der Waals surface area contributed by atoms with Gasteiger partial charge in [-0.25, -0.2) is 4.98 Å². The van der Waals surface area contributed by atoms with Crippen LogP contribution in [-0.2, 0) is 12.1 Å². The second kappa shape index (κ2) is 9.34. The summed E-state index contributed by atoms with van der Waals surface area (Å²) in [5.41, 5.74) is 1.64. The highest BCUT2D eigenvalue weighted by atomic mass is 16.3. The van der Waals surface area contributed by atoms with Gasteiger partial charge < -0.3 is 20.1 Å². The Morgan fingerprint density at radius 3 is 2.19 bits per heavy atom. The Hall–Kier alpha value is -3.48. The molecule has 4 aromatic rings. The molecule has 6 nitrogen and oxygen atoms in total. The Morgan fingerprint density at radius 2 is 1.62 bits per heavy atom. The molecule has 0 unspecified atom stereocenters. The van der Waals surface area contributed by atoms with Crippen LogP contribution in [0.4, 0.5) is 0 Å². The number of hydrogen-bond donors (Lipinski definition) is 3. The van der Waals surface area contributed by atoms with Gasteiger partial charge in [0, 0.05) is 18.7 Å². The lowest BCUT2D eigenvalue weighted by Gasteiger charge is -2.29. The van der Waals surface area contributed by atoms with E-state index in [1.54, 1.807) is 22.8 Å². The van der Waals surface area contributed by atoms with Gasteiger partial charge in [0.2, 0.25) is 0 Å². The van der Waals surface area contributed by atoms with Crippen LogP contribution >= 0.6 is 0 Å². The van der Waals surface area contributed by atoms with Crippen LogP contribution < -0.4 is 5.32 Å². The van der Waals surface area contributed by atoms with E-state index >= 15 is 0 Å². The number of rotatable bonds is 8. The van der Waals surface area contributed by atoms with Crippen molar-refractivity contribution >= 4 is 16.9 Å². The third-order valence-electron chi connectivity index (χ3n) is 5.58. The van der Waals surface area contributed by atoms with E-state index in [0.29, 0.717) is 40.1 Å². The molecule has 0 fully saturated rings. The van der Waals surface area contributed by atoms with Gasteiger partial charge in [-0.2, -0.15) is 0 Å². The molecule has 0 saturated carbocycles. The van der Waals surface area contributed by atoms with Gasteiger partial charge in [0.15, 0.2) is 11.4 Å². The molecule has 1 heterocycles. The van der Waals surface area contributed by atoms with Gasteiger partial charge in [-0.05, 0) is 35.7 Å². The molecule has 0 bridgehead atoms. The molecule has 1 amide bonds. The predicted molar refractivity (Wildman–Crippen MR) is 124 cm³/mol. The summed E-state index contributed by atoms with van der Waals surface area (Å²) in [6.07, 6.45) is 0.849. The minimum Gasteiger partial charge on any atom is -0.395 e. The normalized spacial score (nSPS) is 11.6. The van der Waals surface area contributed by atoms with E-state index in [1.165, 1.54) is 0 Å². The number of amides is 1. The smallest absolute Gasteiger partial charge is 0.251 e. The van der Waals surface area contributed by atoms with Crippen molar-refractivity contribution in [2.75, 3.05) is 13.2 Å². The number of imidazole rings is 1. The first-order valence-corrected chi connectivity index (χ1v) is 10.8. The number of fused-ring (bicyclic) bond motifs is 1. The maximum atomic E-state index is 12.5. The van der Waals surface area contributed by atoms with Crippen LogP contribution in [0.5, 0.6) is 0 Å². The zero-order valence-corrected chi connectivity index (χ0v) is 18.0. The van der Waals surface area contributed by atoms with Gasteiger partial charge in [0.05, 0.1) is 17.6 Å². The fourth-order valence-electron chi connectivity index (χ4n) is 3.99. The summed E-state index contributed by atoms with van der Waals surface area (Å²) < 4.78 is 1.80. The molecule has 0 radical (unpaired) electrons. The summed E-state index contributed by atoms with van der Waals surface area (Å²) in [5, 5.41) is 24.9. The number of aliphatic hydroxyl groups is 2. The lowest BCUT2D eigenvalue weighted by atomic mass is 9.85. The second-order valence-electron chi connectivity index (χ2n) is 7.71. The quantitative estimate of drug-likeness (QED) is 0.400. The summed E-state index contributed by atoms with van der Waals surface area (Å²) in [5.74, 6) is 0.235. The molecular weight excluding hydrogens is 402 g/mol. The van der Waals surface area contributed by atoms with Gasteiger partial charge in [0.25, 0.3) is 5.91 Å². The minimum absolute atomic E-state index is 0.135. The zero-order valence-electron chi connectivity index (χ0n) is 18.0. The molecule has 6 heteroatoms. The van der Waals surface area contributed by atoms with E-state index in [1.807, 2.05) is 67.6 Å². The Morgan fingerprint density at radius 1 is 1.00 bits per heavy atom. The number of aliphatic hydroxyl groups excluding tert-OH is 1. The first kappa shape index (κ1) is 21.7. The third kappa shape index (κ3) is 3.90. The SMILES string of the molecule is CCCNC(=O)c1ccc2nc(C(O)(c3ccccc3)c3ccccc3)n(CCO)c2c1. The highest BCUT2D eigenvalue weighted by molar-refractivity contribution is 5.97. The number of hydrogen-bond acceptors (Lipinski definition) is 4. The molecule has 4 rings (SSSR count). The molecule has 0 atom stereocenters. The predicted octanol–water partition coefficient (Wildman–Crippen LogP) is 3.45. The van der Waals surface area contributed by atoms with Crippen molar-refractivity contribution in [1.82, 2.24) is 14.9 Å². The monoisotopic (exact) mass is 429 g/mol. The van der Waals surface area contributed by atoms with Crippen molar-refractivity contribution in [2.45, 2.75) is 25.5 Å². The van der Waals surface area contributed by atoms with Crippen LogP contribution in [0.1, 0.15) is 40.7 Å². The van der Waals surface area contributed by atoms with Crippen molar-refractivity contribution in [3.05, 3.63) is 101 Å². The Bertz CT molecular complexity index is 1160. The van der Waals surface area contributed by atoms with E-state index < -0.39 is 5.60 Å². The van der Waals surface area contributed by atoms with Crippen LogP contribution in [0.2, 0.25) is 0 Å². The van der Waals surface area contributed by atoms with Crippen molar-refractivity contribution in [2.24, 2.45) is 0 Å². The molecule has 0 saturated heterocycles. The summed E-state index contributed by atoms with van der Waals surface area (Å²) in [6.45, 7) is 2.69. The molecule has 1 aromatic heterocycles. The number of nitrogens with one attached hydrogen (secondary N) is 1. The van der Waals surface area contributed by atoms with Crippen LogP contribution in [0.25, 0.3) is 11.0 Å². The average molecular weight is 430 g/mol. The topological polar surface area (TPSA) is 87.4 Å². The van der Waals surface area contributed by atoms with E-state index in [4.69, 9.17) is 4.98 Å². The first-order chi connectivity index (χ1) is 15.6. The molecule has 3 aromatic carbocycles. The van der Waals surface area contributed by atoms with Crippen LogP contribution in [-0.4, -0.2) is 38.8 Å². The number of carbonyl (C=O) groups is 1. The van der Waals surface area contributed by atoms with Crippen LogP contribution in [0.15, 0.2) is 78.9 Å². The highest BCUT2D eigenvalue weighted by Gasteiger charge is 2.39. The minimum atomic E-state index is -1.54. The number of aromatic nitrogens is 2. The van der Waals surface area contributed by atoms with Gasteiger partial charge in [0.1, 0.15) is 0 Å². The van der Waals surface area contributed by atoms with Crippen LogP contribution in [0.3, 0.4) is 0 Å². The van der Waals surface area contributed by atoms with E-state index in [0.717, 1.165) is 6.42 Å². The van der Waals surface area contributed by atoms with Crippen molar-refractivity contribution in [3.63, 3.8) is 0 Å². The fourth-order valence-corrected chi connectivity index (χ4v) is 3.99. The lowest BCUT2D eigenvalue weighted by Crippen LogP contribution is -2.33. The van der Waals surface area contributed by atoms with Crippen LogP contribution in [0, 0.1) is 0 Å². The molecule has 0 spiro atoms. The van der Waals surface area contributed by atoms with Gasteiger partial charge in [-0.15, -0.1) is 0 Å². The van der Waals surface area contributed by atoms with Gasteiger partial charge in [-0.3, -0.25) is 4.79 Å². The molecule has 3 N–H and O–H groups in total. The number of nitrogens with zero attached hydrogens (tertiary/aromatic N) is 2. The second-order valence-corrected chi connectivity index (χ2v) is 7.71.